The van der Waals surface area contributed by atoms with Crippen molar-refractivity contribution in [3.8, 4) is 27.9 Å². The summed E-state index contributed by atoms with van der Waals surface area (Å²) in [5.74, 6) is 0. The number of furan rings is 1. The molecule has 0 aliphatic heterocycles. The Hall–Kier alpha value is -7.36. The second-order valence-electron chi connectivity index (χ2n) is 14.1. The third-order valence-corrected chi connectivity index (χ3v) is 11.0. The van der Waals surface area contributed by atoms with Crippen LogP contribution in [0.15, 0.2) is 211 Å². The molecule has 0 unspecified atom stereocenters. The smallest absolute Gasteiger partial charge is 0.159 e. The van der Waals surface area contributed by atoms with Crippen LogP contribution in [0.25, 0.3) is 82.5 Å². The Balaban J connectivity index is 1.06. The van der Waals surface area contributed by atoms with E-state index in [0.29, 0.717) is 0 Å². The molecule has 3 nitrogen and oxygen atoms in total. The van der Waals surface area contributed by atoms with Crippen molar-refractivity contribution < 1.29 is 4.42 Å². The highest BCUT2D eigenvalue weighted by Crippen LogP contribution is 2.42. The average Bonchev–Trinajstić information content (AvgIpc) is 3.80. The summed E-state index contributed by atoms with van der Waals surface area (Å²) in [5.41, 5.74) is 13.2. The van der Waals surface area contributed by atoms with Crippen LogP contribution in [0.1, 0.15) is 0 Å². The lowest BCUT2D eigenvalue weighted by Crippen LogP contribution is -2.09. The van der Waals surface area contributed by atoms with E-state index in [9.17, 15) is 0 Å². The number of anilines is 3. The number of hydrogen-bond acceptors (Lipinski definition) is 2. The molecule has 0 saturated carbocycles. The zero-order valence-corrected chi connectivity index (χ0v) is 29.9. The van der Waals surface area contributed by atoms with Gasteiger partial charge in [0.15, 0.2) is 5.58 Å². The highest BCUT2D eigenvalue weighted by molar-refractivity contribution is 6.13. The Morgan fingerprint density at radius 3 is 1.87 bits per heavy atom. The maximum absolute atomic E-state index is 6.54. The number of aromatic nitrogens is 1. The van der Waals surface area contributed by atoms with E-state index < -0.39 is 0 Å². The average molecular weight is 703 g/mol. The lowest BCUT2D eigenvalue weighted by molar-refractivity contribution is 0.666. The first-order chi connectivity index (χ1) is 27.3. The van der Waals surface area contributed by atoms with E-state index in [1.54, 1.807) is 0 Å². The van der Waals surface area contributed by atoms with Gasteiger partial charge < -0.3 is 13.9 Å². The Bertz CT molecular complexity index is 3220. The molecule has 0 saturated heterocycles. The molecular formula is C52H34N2O. The summed E-state index contributed by atoms with van der Waals surface area (Å²) >= 11 is 0. The number of hydrogen-bond donors (Lipinski definition) is 0. The maximum Gasteiger partial charge on any atom is 0.159 e. The van der Waals surface area contributed by atoms with Crippen molar-refractivity contribution in [2.45, 2.75) is 0 Å². The summed E-state index contributed by atoms with van der Waals surface area (Å²) in [6.07, 6.45) is 0. The van der Waals surface area contributed by atoms with Gasteiger partial charge in [0.25, 0.3) is 0 Å². The molecule has 0 N–H and O–H groups in total. The zero-order chi connectivity index (χ0) is 36.3. The Labute approximate surface area is 318 Å². The summed E-state index contributed by atoms with van der Waals surface area (Å²) in [5, 5.41) is 7.12. The molecule has 0 radical (unpaired) electrons. The number of para-hydroxylation sites is 4. The molecule has 0 bridgehead atoms. The first kappa shape index (κ1) is 31.2. The van der Waals surface area contributed by atoms with Gasteiger partial charge in [-0.2, -0.15) is 0 Å². The van der Waals surface area contributed by atoms with Gasteiger partial charge in [0.1, 0.15) is 5.58 Å². The van der Waals surface area contributed by atoms with Crippen molar-refractivity contribution in [3.63, 3.8) is 0 Å². The minimum absolute atomic E-state index is 0.897. The molecule has 0 aliphatic rings. The fourth-order valence-electron chi connectivity index (χ4n) is 8.45. The highest BCUT2D eigenvalue weighted by Gasteiger charge is 2.19. The van der Waals surface area contributed by atoms with Crippen molar-refractivity contribution in [2.75, 3.05) is 4.90 Å². The standard InChI is InChI=1S/C52H34N2O/c1-2-17-39(18-3-1)53(41-30-28-35-14-4-5-15-36(35)32-41)40-19-12-16-37(33-40)42-20-6-7-21-43(42)38-29-31-49-47(34-38)44-22-8-10-25-48(44)54(49)50-26-13-24-46-45-23-9-11-27-51(45)55-52(46)50/h1-34H. The second kappa shape index (κ2) is 12.6. The summed E-state index contributed by atoms with van der Waals surface area (Å²) in [6, 6.07) is 74.0. The number of benzene rings is 9. The van der Waals surface area contributed by atoms with E-state index in [2.05, 4.69) is 204 Å². The first-order valence-electron chi connectivity index (χ1n) is 18.8. The third-order valence-electron chi connectivity index (χ3n) is 11.0. The van der Waals surface area contributed by atoms with Gasteiger partial charge in [-0.05, 0) is 99.8 Å². The molecule has 2 aromatic heterocycles. The molecule has 2 heterocycles. The van der Waals surface area contributed by atoms with Crippen molar-refractivity contribution in [2.24, 2.45) is 0 Å². The van der Waals surface area contributed by atoms with Crippen LogP contribution in [0.2, 0.25) is 0 Å². The third kappa shape index (κ3) is 5.13. The van der Waals surface area contributed by atoms with Gasteiger partial charge in [0, 0.05) is 38.6 Å². The highest BCUT2D eigenvalue weighted by atomic mass is 16.3. The molecule has 0 atom stereocenters. The van der Waals surface area contributed by atoms with E-state index in [1.807, 2.05) is 12.1 Å². The second-order valence-corrected chi connectivity index (χ2v) is 14.1. The van der Waals surface area contributed by atoms with Gasteiger partial charge in [-0.3, -0.25) is 0 Å². The first-order valence-corrected chi connectivity index (χ1v) is 18.8. The van der Waals surface area contributed by atoms with E-state index in [1.165, 1.54) is 38.2 Å². The molecule has 0 fully saturated rings. The normalized spacial score (nSPS) is 11.6. The largest absolute Gasteiger partial charge is 0.454 e. The monoisotopic (exact) mass is 702 g/mol. The van der Waals surface area contributed by atoms with Crippen LogP contribution in [0.3, 0.4) is 0 Å². The van der Waals surface area contributed by atoms with E-state index in [0.717, 1.165) is 61.3 Å². The summed E-state index contributed by atoms with van der Waals surface area (Å²) in [6.45, 7) is 0. The van der Waals surface area contributed by atoms with E-state index in [4.69, 9.17) is 4.42 Å². The summed E-state index contributed by atoms with van der Waals surface area (Å²) in [4.78, 5) is 2.35. The van der Waals surface area contributed by atoms with Crippen molar-refractivity contribution >= 4 is 71.6 Å². The Morgan fingerprint density at radius 1 is 0.364 bits per heavy atom. The van der Waals surface area contributed by atoms with E-state index in [-0.39, 0.29) is 0 Å². The molecule has 0 aliphatic carbocycles. The molecule has 11 aromatic rings. The van der Waals surface area contributed by atoms with Crippen LogP contribution >= 0.6 is 0 Å². The molecule has 3 heteroatoms. The van der Waals surface area contributed by atoms with Crippen molar-refractivity contribution in [3.05, 3.63) is 206 Å². The van der Waals surface area contributed by atoms with Gasteiger partial charge in [-0.1, -0.05) is 140 Å². The zero-order valence-electron chi connectivity index (χ0n) is 29.9. The number of nitrogens with zero attached hydrogens (tertiary/aromatic N) is 2. The summed E-state index contributed by atoms with van der Waals surface area (Å²) in [7, 11) is 0. The van der Waals surface area contributed by atoms with Crippen LogP contribution in [0.4, 0.5) is 17.1 Å². The van der Waals surface area contributed by atoms with Crippen molar-refractivity contribution in [1.82, 2.24) is 4.57 Å². The molecule has 55 heavy (non-hydrogen) atoms. The quantitative estimate of drug-likeness (QED) is 0.172. The molecule has 258 valence electrons. The lowest BCUT2D eigenvalue weighted by Gasteiger charge is -2.26. The van der Waals surface area contributed by atoms with Crippen LogP contribution in [0.5, 0.6) is 0 Å². The maximum atomic E-state index is 6.54. The van der Waals surface area contributed by atoms with Gasteiger partial charge in [-0.25, -0.2) is 0 Å². The number of rotatable bonds is 6. The fourth-order valence-corrected chi connectivity index (χ4v) is 8.45. The molecular weight excluding hydrogens is 669 g/mol. The molecule has 9 aromatic carbocycles. The van der Waals surface area contributed by atoms with Crippen LogP contribution in [-0.2, 0) is 0 Å². The fraction of sp³-hybridized carbons (Fsp3) is 0. The minimum Gasteiger partial charge on any atom is -0.454 e. The van der Waals surface area contributed by atoms with Gasteiger partial charge in [-0.15, -0.1) is 0 Å². The van der Waals surface area contributed by atoms with Gasteiger partial charge >= 0.3 is 0 Å². The Morgan fingerprint density at radius 2 is 1.00 bits per heavy atom. The molecule has 0 amide bonds. The number of fused-ring (bicyclic) bond motifs is 7. The van der Waals surface area contributed by atoms with Gasteiger partial charge in [0.2, 0.25) is 0 Å². The van der Waals surface area contributed by atoms with Crippen molar-refractivity contribution in [1.29, 1.82) is 0 Å². The summed E-state index contributed by atoms with van der Waals surface area (Å²) < 4.78 is 8.90. The van der Waals surface area contributed by atoms with Gasteiger partial charge in [0.05, 0.1) is 16.7 Å². The van der Waals surface area contributed by atoms with Crippen LogP contribution in [-0.4, -0.2) is 4.57 Å². The SMILES string of the molecule is c1ccc(N(c2cccc(-c3ccccc3-c3ccc4c(c3)c3ccccc3n4-c3cccc4c3oc3ccccc34)c2)c2ccc3ccccc3c2)cc1. The van der Waals surface area contributed by atoms with E-state index >= 15 is 0 Å². The lowest BCUT2D eigenvalue weighted by atomic mass is 9.93. The van der Waals surface area contributed by atoms with Crippen LogP contribution in [0, 0.1) is 0 Å². The predicted molar refractivity (Wildman–Crippen MR) is 231 cm³/mol. The molecule has 11 rings (SSSR count). The Kier molecular flexibility index (Phi) is 7.17. The topological polar surface area (TPSA) is 21.3 Å². The predicted octanol–water partition coefficient (Wildman–Crippen LogP) is 14.6. The van der Waals surface area contributed by atoms with Crippen LogP contribution < -0.4 is 4.90 Å². The minimum atomic E-state index is 0.897. The molecule has 0 spiro atoms.